The van der Waals surface area contributed by atoms with E-state index in [1.807, 2.05) is 0 Å². The highest BCUT2D eigenvalue weighted by Gasteiger charge is 2.38. The lowest BCUT2D eigenvalue weighted by Crippen LogP contribution is -2.23. The minimum absolute atomic E-state index is 0.0355. The Labute approximate surface area is 173 Å². The van der Waals surface area contributed by atoms with Crippen molar-refractivity contribution in [1.29, 1.82) is 5.26 Å². The minimum atomic E-state index is -4.91. The molecule has 0 spiro atoms. The maximum absolute atomic E-state index is 14.3. The van der Waals surface area contributed by atoms with Gasteiger partial charge in [0.25, 0.3) is 0 Å². The van der Waals surface area contributed by atoms with E-state index >= 15 is 0 Å². The molecule has 1 aliphatic carbocycles. The predicted octanol–water partition coefficient (Wildman–Crippen LogP) is 5.98. The molecular weight excluding hydrogens is 418 g/mol. The third-order valence-corrected chi connectivity index (χ3v) is 7.56. The van der Waals surface area contributed by atoms with Gasteiger partial charge < -0.3 is 0 Å². The number of sulfone groups is 1. The van der Waals surface area contributed by atoms with Gasteiger partial charge in [0.05, 0.1) is 27.8 Å². The maximum atomic E-state index is 14.3. The summed E-state index contributed by atoms with van der Waals surface area (Å²) in [5.74, 6) is -0.846. The summed E-state index contributed by atoms with van der Waals surface area (Å²) in [5.41, 5.74) is -1.50. The molecule has 3 rings (SSSR count). The third kappa shape index (κ3) is 4.84. The van der Waals surface area contributed by atoms with E-state index in [1.165, 1.54) is 18.2 Å². The predicted molar refractivity (Wildman–Crippen MR) is 105 cm³/mol. The SMILES string of the molecule is CC1CCC(CS(=O)(=O)c2ccc(-c3ccc(C#N)cc3F)cc2C(F)(F)F)CC1. The molecule has 0 aromatic heterocycles. The van der Waals surface area contributed by atoms with Gasteiger partial charge in [-0.25, -0.2) is 12.8 Å². The number of hydrogen-bond donors (Lipinski definition) is 0. The Kier molecular flexibility index (Phi) is 6.23. The first kappa shape index (κ1) is 22.3. The van der Waals surface area contributed by atoms with Crippen molar-refractivity contribution in [3.8, 4) is 17.2 Å². The fourth-order valence-corrected chi connectivity index (χ4v) is 5.82. The molecule has 160 valence electrons. The first-order valence-electron chi connectivity index (χ1n) is 9.65. The molecule has 3 nitrogen and oxygen atoms in total. The lowest BCUT2D eigenvalue weighted by molar-refractivity contribution is -0.139. The van der Waals surface area contributed by atoms with Crippen molar-refractivity contribution in [2.45, 2.75) is 43.7 Å². The second kappa shape index (κ2) is 8.38. The fraction of sp³-hybridized carbons (Fsp3) is 0.409. The maximum Gasteiger partial charge on any atom is 0.417 e. The largest absolute Gasteiger partial charge is 0.417 e. The summed E-state index contributed by atoms with van der Waals surface area (Å²) in [6.07, 6.45) is -1.83. The van der Waals surface area contributed by atoms with Crippen molar-refractivity contribution in [2.24, 2.45) is 11.8 Å². The zero-order chi connectivity index (χ0) is 22.1. The number of benzene rings is 2. The molecule has 0 N–H and O–H groups in total. The number of nitriles is 1. The summed E-state index contributed by atoms with van der Waals surface area (Å²) in [6.45, 7) is 2.08. The molecule has 30 heavy (non-hydrogen) atoms. The Morgan fingerprint density at radius 2 is 1.73 bits per heavy atom. The minimum Gasteiger partial charge on any atom is -0.224 e. The van der Waals surface area contributed by atoms with Crippen LogP contribution in [0.2, 0.25) is 0 Å². The van der Waals surface area contributed by atoms with Gasteiger partial charge in [-0.05, 0) is 54.5 Å². The van der Waals surface area contributed by atoms with Crippen LogP contribution in [0.5, 0.6) is 0 Å². The van der Waals surface area contributed by atoms with Crippen molar-refractivity contribution in [1.82, 2.24) is 0 Å². The smallest absolute Gasteiger partial charge is 0.224 e. The molecule has 0 heterocycles. The average molecular weight is 439 g/mol. The normalized spacial score (nSPS) is 20.0. The lowest BCUT2D eigenvalue weighted by atomic mass is 9.84. The number of alkyl halides is 3. The summed E-state index contributed by atoms with van der Waals surface area (Å²) in [6, 6.07) is 7.94. The highest BCUT2D eigenvalue weighted by molar-refractivity contribution is 7.91. The van der Waals surface area contributed by atoms with Gasteiger partial charge in [-0.1, -0.05) is 31.9 Å². The lowest BCUT2D eigenvalue weighted by Gasteiger charge is -2.26. The van der Waals surface area contributed by atoms with E-state index in [0.717, 1.165) is 25.0 Å². The number of rotatable bonds is 4. The van der Waals surface area contributed by atoms with Crippen LogP contribution in [0.3, 0.4) is 0 Å². The zero-order valence-electron chi connectivity index (χ0n) is 16.3. The average Bonchev–Trinajstić information content (AvgIpc) is 2.68. The van der Waals surface area contributed by atoms with Gasteiger partial charge in [-0.3, -0.25) is 0 Å². The van der Waals surface area contributed by atoms with Crippen molar-refractivity contribution < 1.29 is 26.0 Å². The van der Waals surface area contributed by atoms with Crippen LogP contribution in [0.4, 0.5) is 17.6 Å². The van der Waals surface area contributed by atoms with Crippen LogP contribution in [0.15, 0.2) is 41.3 Å². The summed E-state index contributed by atoms with van der Waals surface area (Å²) >= 11 is 0. The van der Waals surface area contributed by atoms with Crippen LogP contribution in [-0.2, 0) is 16.0 Å². The van der Waals surface area contributed by atoms with Crippen molar-refractivity contribution in [3.05, 3.63) is 53.3 Å². The molecule has 0 saturated heterocycles. The summed E-state index contributed by atoms with van der Waals surface area (Å²) in [4.78, 5) is -0.772. The summed E-state index contributed by atoms with van der Waals surface area (Å²) in [5, 5.41) is 8.82. The van der Waals surface area contributed by atoms with Gasteiger partial charge in [0.1, 0.15) is 5.82 Å². The van der Waals surface area contributed by atoms with Crippen LogP contribution in [0, 0.1) is 29.0 Å². The Balaban J connectivity index is 2.01. The first-order chi connectivity index (χ1) is 14.0. The molecule has 2 aromatic rings. The molecule has 1 fully saturated rings. The van der Waals surface area contributed by atoms with E-state index in [9.17, 15) is 26.0 Å². The quantitative estimate of drug-likeness (QED) is 0.551. The van der Waals surface area contributed by atoms with E-state index in [4.69, 9.17) is 5.26 Å². The zero-order valence-corrected chi connectivity index (χ0v) is 17.2. The van der Waals surface area contributed by atoms with Crippen LogP contribution in [0.25, 0.3) is 11.1 Å². The van der Waals surface area contributed by atoms with Gasteiger partial charge in [0.15, 0.2) is 9.84 Å². The third-order valence-electron chi connectivity index (χ3n) is 5.62. The van der Waals surface area contributed by atoms with Gasteiger partial charge in [-0.2, -0.15) is 18.4 Å². The number of halogens is 4. The Bertz CT molecular complexity index is 1080. The second-order valence-corrected chi connectivity index (χ2v) is 9.93. The fourth-order valence-electron chi connectivity index (χ4n) is 3.90. The molecule has 1 saturated carbocycles. The van der Waals surface area contributed by atoms with E-state index in [-0.39, 0.29) is 28.4 Å². The molecule has 0 unspecified atom stereocenters. The van der Waals surface area contributed by atoms with Crippen LogP contribution in [-0.4, -0.2) is 14.2 Å². The monoisotopic (exact) mass is 439 g/mol. The van der Waals surface area contributed by atoms with E-state index in [2.05, 4.69) is 6.92 Å². The topological polar surface area (TPSA) is 57.9 Å². The van der Waals surface area contributed by atoms with Crippen molar-refractivity contribution >= 4 is 9.84 Å². The van der Waals surface area contributed by atoms with Crippen molar-refractivity contribution in [2.75, 3.05) is 5.75 Å². The highest BCUT2D eigenvalue weighted by atomic mass is 32.2. The van der Waals surface area contributed by atoms with Gasteiger partial charge in [0, 0.05) is 5.56 Å². The van der Waals surface area contributed by atoms with Crippen LogP contribution in [0.1, 0.15) is 43.7 Å². The van der Waals surface area contributed by atoms with E-state index in [1.54, 1.807) is 6.07 Å². The molecule has 0 amide bonds. The Hall–Kier alpha value is -2.40. The molecule has 0 aliphatic heterocycles. The van der Waals surface area contributed by atoms with Crippen molar-refractivity contribution in [3.63, 3.8) is 0 Å². The van der Waals surface area contributed by atoms with E-state index < -0.39 is 32.3 Å². The Morgan fingerprint density at radius 3 is 2.30 bits per heavy atom. The molecule has 1 aliphatic rings. The number of hydrogen-bond acceptors (Lipinski definition) is 3. The van der Waals surface area contributed by atoms with Gasteiger partial charge in [-0.15, -0.1) is 0 Å². The highest BCUT2D eigenvalue weighted by Crippen LogP contribution is 2.39. The van der Waals surface area contributed by atoms with Gasteiger partial charge >= 0.3 is 6.18 Å². The second-order valence-electron chi connectivity index (χ2n) is 7.92. The summed E-state index contributed by atoms with van der Waals surface area (Å²) in [7, 11) is -4.17. The standard InChI is InChI=1S/C22H21F4NO2S/c1-14-2-4-15(5-3-14)13-30(28,29)21-9-7-17(11-19(21)22(24,25)26)18-8-6-16(12-27)10-20(18)23/h6-11,14-15H,2-5,13H2,1H3. The van der Waals surface area contributed by atoms with Crippen LogP contribution >= 0.6 is 0 Å². The molecule has 2 aromatic carbocycles. The number of nitrogens with zero attached hydrogens (tertiary/aromatic N) is 1. The molecular formula is C22H21F4NO2S. The van der Waals surface area contributed by atoms with Gasteiger partial charge in [0.2, 0.25) is 0 Å². The molecule has 0 radical (unpaired) electrons. The molecule has 0 bridgehead atoms. The first-order valence-corrected chi connectivity index (χ1v) is 11.3. The van der Waals surface area contributed by atoms with E-state index in [0.29, 0.717) is 24.8 Å². The Morgan fingerprint density at radius 1 is 1.07 bits per heavy atom. The summed E-state index contributed by atoms with van der Waals surface area (Å²) < 4.78 is 81.1. The van der Waals surface area contributed by atoms with Crippen LogP contribution < -0.4 is 0 Å². The molecule has 0 atom stereocenters. The molecule has 8 heteroatoms.